The molecular weight excluding hydrogens is 258 g/mol. The van der Waals surface area contributed by atoms with Gasteiger partial charge in [-0.05, 0) is 24.6 Å². The van der Waals surface area contributed by atoms with Crippen molar-refractivity contribution in [3.63, 3.8) is 0 Å². The van der Waals surface area contributed by atoms with Crippen LogP contribution in [0.3, 0.4) is 0 Å². The zero-order valence-electron chi connectivity index (χ0n) is 12.3. The molecule has 0 aromatic heterocycles. The third-order valence-electron chi connectivity index (χ3n) is 3.25. The molecule has 20 heavy (non-hydrogen) atoms. The normalized spacial score (nSPS) is 22.6. The molecule has 1 fully saturated rings. The number of hydrogen-bond donors (Lipinski definition) is 1. The molecule has 1 heterocycles. The van der Waals surface area contributed by atoms with Crippen LogP contribution in [0.5, 0.6) is 11.5 Å². The Morgan fingerprint density at radius 3 is 2.70 bits per heavy atom. The fourth-order valence-corrected chi connectivity index (χ4v) is 2.25. The number of rotatable bonds is 6. The van der Waals surface area contributed by atoms with E-state index in [2.05, 4.69) is 12.2 Å². The van der Waals surface area contributed by atoms with Gasteiger partial charge in [0.25, 0.3) is 0 Å². The molecule has 1 saturated heterocycles. The smallest absolute Gasteiger partial charge is 0.161 e. The molecule has 1 aromatic rings. The van der Waals surface area contributed by atoms with Gasteiger partial charge < -0.3 is 24.3 Å². The Labute approximate surface area is 120 Å². The first kappa shape index (κ1) is 15.1. The van der Waals surface area contributed by atoms with Crippen LogP contribution < -0.4 is 14.8 Å². The van der Waals surface area contributed by atoms with Crippen molar-refractivity contribution in [2.75, 3.05) is 33.9 Å². The van der Waals surface area contributed by atoms with E-state index in [1.807, 2.05) is 18.2 Å². The highest BCUT2D eigenvalue weighted by molar-refractivity contribution is 5.42. The summed E-state index contributed by atoms with van der Waals surface area (Å²) in [6.45, 7) is 4.94. The molecule has 0 aliphatic carbocycles. The topological polar surface area (TPSA) is 49.0 Å². The lowest BCUT2D eigenvalue weighted by molar-refractivity contribution is -0.0716. The quantitative estimate of drug-likeness (QED) is 0.858. The van der Waals surface area contributed by atoms with Crippen LogP contribution in [0.2, 0.25) is 0 Å². The summed E-state index contributed by atoms with van der Waals surface area (Å²) in [4.78, 5) is 0. The lowest BCUT2D eigenvalue weighted by Gasteiger charge is -2.28. The highest BCUT2D eigenvalue weighted by atomic mass is 16.5. The minimum Gasteiger partial charge on any atom is -0.493 e. The summed E-state index contributed by atoms with van der Waals surface area (Å²) in [6.07, 6.45) is 0.373. The molecule has 0 bridgehead atoms. The first-order chi connectivity index (χ1) is 9.72. The Balaban J connectivity index is 1.81. The van der Waals surface area contributed by atoms with Crippen LogP contribution in [0.1, 0.15) is 12.5 Å². The van der Waals surface area contributed by atoms with Crippen LogP contribution in [0.4, 0.5) is 0 Å². The Bertz CT molecular complexity index is 424. The van der Waals surface area contributed by atoms with Gasteiger partial charge in [0.15, 0.2) is 11.5 Å². The van der Waals surface area contributed by atoms with E-state index in [0.717, 1.165) is 30.2 Å². The highest BCUT2D eigenvalue weighted by Crippen LogP contribution is 2.27. The van der Waals surface area contributed by atoms with Crippen molar-refractivity contribution in [3.05, 3.63) is 23.8 Å². The van der Waals surface area contributed by atoms with Gasteiger partial charge in [-0.2, -0.15) is 0 Å². The third-order valence-corrected chi connectivity index (χ3v) is 3.25. The molecule has 2 unspecified atom stereocenters. The molecule has 0 radical (unpaired) electrons. The maximum absolute atomic E-state index is 5.77. The summed E-state index contributed by atoms with van der Waals surface area (Å²) in [5.41, 5.74) is 1.06. The maximum atomic E-state index is 5.77. The van der Waals surface area contributed by atoms with Crippen molar-refractivity contribution in [2.45, 2.75) is 25.7 Å². The second kappa shape index (κ2) is 7.47. The molecule has 1 aliphatic rings. The average Bonchev–Trinajstić information content (AvgIpc) is 2.47. The molecule has 0 saturated carbocycles. The van der Waals surface area contributed by atoms with Crippen LogP contribution >= 0.6 is 0 Å². The fourth-order valence-electron chi connectivity index (χ4n) is 2.25. The zero-order chi connectivity index (χ0) is 14.4. The number of benzene rings is 1. The van der Waals surface area contributed by atoms with Crippen LogP contribution in [0, 0.1) is 0 Å². The van der Waals surface area contributed by atoms with Gasteiger partial charge in [-0.25, -0.2) is 0 Å². The van der Waals surface area contributed by atoms with Crippen molar-refractivity contribution in [3.8, 4) is 11.5 Å². The fraction of sp³-hybridized carbons (Fsp3) is 0.600. The minimum absolute atomic E-state index is 0.124. The van der Waals surface area contributed by atoms with E-state index < -0.39 is 0 Å². The predicted molar refractivity (Wildman–Crippen MR) is 76.4 cm³/mol. The highest BCUT2D eigenvalue weighted by Gasteiger charge is 2.18. The standard InChI is InChI=1S/C15H23NO4/c1-11-7-16-8-13(20-11)10-19-9-12-4-5-14(17-2)15(6-12)18-3/h4-6,11,13,16H,7-10H2,1-3H3. The van der Waals surface area contributed by atoms with E-state index in [0.29, 0.717) is 13.2 Å². The van der Waals surface area contributed by atoms with E-state index >= 15 is 0 Å². The number of morpholine rings is 1. The average molecular weight is 281 g/mol. The molecule has 0 spiro atoms. The van der Waals surface area contributed by atoms with E-state index in [1.54, 1.807) is 14.2 Å². The van der Waals surface area contributed by atoms with Crippen molar-refractivity contribution in [1.82, 2.24) is 5.32 Å². The lowest BCUT2D eigenvalue weighted by atomic mass is 10.2. The van der Waals surface area contributed by atoms with E-state index in [9.17, 15) is 0 Å². The van der Waals surface area contributed by atoms with Crippen LogP contribution in [0.15, 0.2) is 18.2 Å². The first-order valence-corrected chi connectivity index (χ1v) is 6.87. The predicted octanol–water partition coefficient (Wildman–Crippen LogP) is 1.60. The summed E-state index contributed by atoms with van der Waals surface area (Å²) in [7, 11) is 3.26. The Hall–Kier alpha value is -1.30. The van der Waals surface area contributed by atoms with Crippen molar-refractivity contribution < 1.29 is 18.9 Å². The van der Waals surface area contributed by atoms with Gasteiger partial charge in [-0.3, -0.25) is 0 Å². The minimum atomic E-state index is 0.124. The monoisotopic (exact) mass is 281 g/mol. The molecule has 2 atom stereocenters. The molecule has 5 nitrogen and oxygen atoms in total. The Morgan fingerprint density at radius 1 is 1.20 bits per heavy atom. The van der Waals surface area contributed by atoms with Gasteiger partial charge in [0.2, 0.25) is 0 Å². The molecule has 1 aromatic carbocycles. The van der Waals surface area contributed by atoms with E-state index in [-0.39, 0.29) is 12.2 Å². The first-order valence-electron chi connectivity index (χ1n) is 6.87. The summed E-state index contributed by atoms with van der Waals surface area (Å²) in [5, 5.41) is 3.33. The number of hydrogen-bond acceptors (Lipinski definition) is 5. The van der Waals surface area contributed by atoms with Crippen LogP contribution in [-0.2, 0) is 16.1 Å². The Morgan fingerprint density at radius 2 is 2.00 bits per heavy atom. The van der Waals surface area contributed by atoms with Gasteiger partial charge in [0, 0.05) is 13.1 Å². The molecule has 0 amide bonds. The molecule has 112 valence electrons. The molecular formula is C15H23NO4. The second-order valence-corrected chi connectivity index (χ2v) is 4.93. The summed E-state index contributed by atoms with van der Waals surface area (Å²) in [6, 6.07) is 5.80. The van der Waals surface area contributed by atoms with Crippen LogP contribution in [0.25, 0.3) is 0 Å². The summed E-state index contributed by atoms with van der Waals surface area (Å²) >= 11 is 0. The van der Waals surface area contributed by atoms with Gasteiger partial charge in [0.1, 0.15) is 0 Å². The van der Waals surface area contributed by atoms with Gasteiger partial charge >= 0.3 is 0 Å². The summed E-state index contributed by atoms with van der Waals surface area (Å²) < 4.78 is 22.0. The zero-order valence-corrected chi connectivity index (χ0v) is 12.3. The second-order valence-electron chi connectivity index (χ2n) is 4.93. The molecule has 5 heteroatoms. The lowest BCUT2D eigenvalue weighted by Crippen LogP contribution is -2.45. The number of methoxy groups -OCH3 is 2. The SMILES string of the molecule is COc1ccc(COCC2CNCC(C)O2)cc1OC. The van der Waals surface area contributed by atoms with Crippen molar-refractivity contribution in [2.24, 2.45) is 0 Å². The van der Waals surface area contributed by atoms with Crippen molar-refractivity contribution >= 4 is 0 Å². The van der Waals surface area contributed by atoms with Crippen molar-refractivity contribution in [1.29, 1.82) is 0 Å². The summed E-state index contributed by atoms with van der Waals surface area (Å²) in [5.74, 6) is 1.45. The molecule has 1 aliphatic heterocycles. The van der Waals surface area contributed by atoms with Gasteiger partial charge in [-0.1, -0.05) is 6.07 Å². The largest absolute Gasteiger partial charge is 0.493 e. The third kappa shape index (κ3) is 4.10. The van der Waals surface area contributed by atoms with E-state index in [4.69, 9.17) is 18.9 Å². The van der Waals surface area contributed by atoms with Gasteiger partial charge in [0.05, 0.1) is 39.6 Å². The molecule has 2 rings (SSSR count). The van der Waals surface area contributed by atoms with Gasteiger partial charge in [-0.15, -0.1) is 0 Å². The molecule has 1 N–H and O–H groups in total. The van der Waals surface area contributed by atoms with Crippen LogP contribution in [-0.4, -0.2) is 46.1 Å². The Kier molecular flexibility index (Phi) is 5.64. The van der Waals surface area contributed by atoms with E-state index in [1.165, 1.54) is 0 Å². The number of nitrogens with one attached hydrogen (secondary N) is 1. The number of ether oxygens (including phenoxy) is 4. The maximum Gasteiger partial charge on any atom is 0.161 e.